The summed E-state index contributed by atoms with van der Waals surface area (Å²) in [5.74, 6) is -0.112. The molecule has 1 aromatic heterocycles. The highest BCUT2D eigenvalue weighted by Gasteiger charge is 2.07. The summed E-state index contributed by atoms with van der Waals surface area (Å²) < 4.78 is 2.06. The first-order valence-corrected chi connectivity index (χ1v) is 8.84. The minimum absolute atomic E-state index is 0.112. The van der Waals surface area contributed by atoms with Gasteiger partial charge in [0.05, 0.1) is 20.8 Å². The molecule has 110 valence electrons. The number of carbonyl (C=O) groups is 1. The molecule has 1 amide bonds. The van der Waals surface area contributed by atoms with Gasteiger partial charge in [0.25, 0.3) is 0 Å². The van der Waals surface area contributed by atoms with Crippen LogP contribution in [0.1, 0.15) is 23.8 Å². The molecule has 3 nitrogen and oxygen atoms in total. The Labute approximate surface area is 144 Å². The van der Waals surface area contributed by atoms with Crippen LogP contribution >= 0.6 is 43.2 Å². The van der Waals surface area contributed by atoms with Crippen molar-refractivity contribution in [3.05, 3.63) is 55.1 Å². The number of nitrogens with one attached hydrogen (secondary N) is 1. The maximum absolute atomic E-state index is 11.9. The zero-order chi connectivity index (χ0) is 15.2. The number of thiophene rings is 1. The third kappa shape index (κ3) is 5.05. The maximum atomic E-state index is 11.9. The lowest BCUT2D eigenvalue weighted by atomic mass is 10.1. The van der Waals surface area contributed by atoms with E-state index in [9.17, 15) is 4.79 Å². The van der Waals surface area contributed by atoms with Crippen LogP contribution in [0.4, 0.5) is 0 Å². The van der Waals surface area contributed by atoms with E-state index in [1.54, 1.807) is 11.3 Å². The molecule has 0 unspecified atom stereocenters. The Morgan fingerprint density at radius 3 is 2.48 bits per heavy atom. The van der Waals surface area contributed by atoms with Gasteiger partial charge in [0.15, 0.2) is 0 Å². The summed E-state index contributed by atoms with van der Waals surface area (Å²) in [6.07, 6.45) is 1.09. The molecule has 1 N–H and O–H groups in total. The Hall–Kier alpha value is -0.980. The number of amides is 1. The molecular weight excluding hydrogens is 416 g/mol. The molecule has 0 bridgehead atoms. The first-order valence-electron chi connectivity index (χ1n) is 6.44. The van der Waals surface area contributed by atoms with Crippen molar-refractivity contribution in [1.29, 1.82) is 0 Å². The molecule has 0 aliphatic heterocycles. The first kappa shape index (κ1) is 16.4. The van der Waals surface area contributed by atoms with E-state index >= 15 is 0 Å². The number of hydrazone groups is 1. The molecule has 0 aliphatic rings. The molecule has 1 aromatic carbocycles. The van der Waals surface area contributed by atoms with E-state index in [-0.39, 0.29) is 5.91 Å². The summed E-state index contributed by atoms with van der Waals surface area (Å²) in [7, 11) is 0. The molecule has 6 heteroatoms. The van der Waals surface area contributed by atoms with Crippen LogP contribution in [0.3, 0.4) is 0 Å². The van der Waals surface area contributed by atoms with Crippen molar-refractivity contribution in [2.75, 3.05) is 0 Å². The Morgan fingerprint density at radius 1 is 1.19 bits per heavy atom. The molecule has 0 saturated heterocycles. The van der Waals surface area contributed by atoms with Gasteiger partial charge in [-0.1, -0.05) is 35.0 Å². The lowest BCUT2D eigenvalue weighted by Gasteiger charge is -2.03. The summed E-state index contributed by atoms with van der Waals surface area (Å²) in [4.78, 5) is 13.0. The van der Waals surface area contributed by atoms with Gasteiger partial charge in [-0.05, 0) is 52.2 Å². The fourth-order valence-electron chi connectivity index (χ4n) is 1.73. The van der Waals surface area contributed by atoms with Gasteiger partial charge >= 0.3 is 0 Å². The average Bonchev–Trinajstić information content (AvgIpc) is 2.89. The van der Waals surface area contributed by atoms with Gasteiger partial charge in [-0.2, -0.15) is 5.10 Å². The molecule has 0 spiro atoms. The highest BCUT2D eigenvalue weighted by molar-refractivity contribution is 9.11. The molecule has 21 heavy (non-hydrogen) atoms. The van der Waals surface area contributed by atoms with E-state index in [1.807, 2.05) is 43.3 Å². The van der Waals surface area contributed by atoms with Crippen LogP contribution in [0, 0.1) is 0 Å². The molecule has 0 atom stereocenters. The van der Waals surface area contributed by atoms with Crippen LogP contribution < -0.4 is 5.43 Å². The topological polar surface area (TPSA) is 41.5 Å². The Bertz CT molecular complexity index is 650. The second kappa shape index (κ2) is 7.87. The van der Waals surface area contributed by atoms with E-state index in [0.29, 0.717) is 6.42 Å². The SMILES string of the molecule is CC/C(=N/NC(=O)Cc1ccc(Br)cc1)c1ccc(Br)s1. The highest BCUT2D eigenvalue weighted by atomic mass is 79.9. The third-order valence-corrected chi connectivity index (χ3v) is 4.99. The Balaban J connectivity index is 1.98. The minimum atomic E-state index is -0.112. The molecule has 2 aromatic rings. The van der Waals surface area contributed by atoms with Gasteiger partial charge in [-0.3, -0.25) is 4.79 Å². The predicted octanol–water partition coefficient (Wildman–Crippen LogP) is 4.75. The van der Waals surface area contributed by atoms with Gasteiger partial charge in [0.2, 0.25) is 5.91 Å². The maximum Gasteiger partial charge on any atom is 0.244 e. The average molecular weight is 430 g/mol. The fraction of sp³-hybridized carbons (Fsp3) is 0.200. The van der Waals surface area contributed by atoms with Crippen LogP contribution in [0.2, 0.25) is 0 Å². The summed E-state index contributed by atoms with van der Waals surface area (Å²) in [5.41, 5.74) is 4.48. The number of carbonyl (C=O) groups excluding carboxylic acids is 1. The number of benzene rings is 1. The van der Waals surface area contributed by atoms with Gasteiger partial charge in [-0.25, -0.2) is 5.43 Å². The lowest BCUT2D eigenvalue weighted by molar-refractivity contribution is -0.120. The molecule has 0 saturated carbocycles. The largest absolute Gasteiger partial charge is 0.273 e. The first-order chi connectivity index (χ1) is 10.1. The van der Waals surface area contributed by atoms with Crippen molar-refractivity contribution in [3.8, 4) is 0 Å². The second-order valence-corrected chi connectivity index (χ2v) is 7.73. The standard InChI is InChI=1S/C15H14Br2N2OS/c1-2-12(13-7-8-14(17)21-13)18-19-15(20)9-10-3-5-11(16)6-4-10/h3-8H,2,9H2,1H3,(H,19,20)/b18-12-. The van der Waals surface area contributed by atoms with Crippen LogP contribution in [0.25, 0.3) is 0 Å². The Kier molecular flexibility index (Phi) is 6.14. The molecule has 1 heterocycles. The van der Waals surface area contributed by atoms with E-state index in [4.69, 9.17) is 0 Å². The zero-order valence-electron chi connectivity index (χ0n) is 11.4. The van der Waals surface area contributed by atoms with Crippen molar-refractivity contribution < 1.29 is 4.79 Å². The fourth-order valence-corrected chi connectivity index (χ4v) is 3.44. The molecule has 0 radical (unpaired) electrons. The highest BCUT2D eigenvalue weighted by Crippen LogP contribution is 2.23. The second-order valence-electron chi connectivity index (χ2n) is 4.35. The molecule has 0 aliphatic carbocycles. The van der Waals surface area contributed by atoms with Gasteiger partial charge in [0.1, 0.15) is 0 Å². The number of hydrogen-bond donors (Lipinski definition) is 1. The van der Waals surface area contributed by atoms with E-state index in [2.05, 4.69) is 42.4 Å². The summed E-state index contributed by atoms with van der Waals surface area (Å²) in [6, 6.07) is 11.7. The number of hydrogen-bond acceptors (Lipinski definition) is 3. The van der Waals surface area contributed by atoms with Gasteiger partial charge < -0.3 is 0 Å². The van der Waals surface area contributed by atoms with Crippen LogP contribution in [0.15, 0.2) is 49.8 Å². The molecular formula is C15H14Br2N2OS. The van der Waals surface area contributed by atoms with Crippen molar-refractivity contribution in [3.63, 3.8) is 0 Å². The van der Waals surface area contributed by atoms with Crippen molar-refractivity contribution in [2.24, 2.45) is 5.10 Å². The number of halogens is 2. The predicted molar refractivity (Wildman–Crippen MR) is 94.8 cm³/mol. The summed E-state index contributed by atoms with van der Waals surface area (Å²) in [5, 5.41) is 4.24. The zero-order valence-corrected chi connectivity index (χ0v) is 15.4. The number of nitrogens with zero attached hydrogens (tertiary/aromatic N) is 1. The lowest BCUT2D eigenvalue weighted by Crippen LogP contribution is -2.21. The normalized spacial score (nSPS) is 11.5. The van der Waals surface area contributed by atoms with Crippen LogP contribution in [0.5, 0.6) is 0 Å². The van der Waals surface area contributed by atoms with Crippen molar-refractivity contribution >= 4 is 54.8 Å². The van der Waals surface area contributed by atoms with E-state index < -0.39 is 0 Å². The van der Waals surface area contributed by atoms with Gasteiger partial charge in [0, 0.05) is 4.47 Å². The van der Waals surface area contributed by atoms with E-state index in [0.717, 1.165) is 30.8 Å². The molecule has 0 fully saturated rings. The molecule has 2 rings (SSSR count). The van der Waals surface area contributed by atoms with Gasteiger partial charge in [-0.15, -0.1) is 11.3 Å². The van der Waals surface area contributed by atoms with Crippen LogP contribution in [-0.4, -0.2) is 11.6 Å². The summed E-state index contributed by atoms with van der Waals surface area (Å²) in [6.45, 7) is 2.02. The Morgan fingerprint density at radius 2 is 1.90 bits per heavy atom. The van der Waals surface area contributed by atoms with Crippen LogP contribution in [-0.2, 0) is 11.2 Å². The quantitative estimate of drug-likeness (QED) is 0.540. The monoisotopic (exact) mass is 428 g/mol. The summed E-state index contributed by atoms with van der Waals surface area (Å²) >= 11 is 8.41. The van der Waals surface area contributed by atoms with Crippen molar-refractivity contribution in [2.45, 2.75) is 19.8 Å². The van der Waals surface area contributed by atoms with Crippen molar-refractivity contribution in [1.82, 2.24) is 5.43 Å². The number of rotatable bonds is 5. The minimum Gasteiger partial charge on any atom is -0.273 e. The third-order valence-electron chi connectivity index (χ3n) is 2.79. The smallest absolute Gasteiger partial charge is 0.244 e. The van der Waals surface area contributed by atoms with E-state index in [1.165, 1.54) is 0 Å².